The average molecular weight is 162 g/mol. The molecule has 0 fully saturated rings. The molecule has 2 N–H and O–H groups in total. The Labute approximate surface area is 66.4 Å². The minimum Gasteiger partial charge on any atom is -0.393 e. The molecule has 0 saturated carbocycles. The van der Waals surface area contributed by atoms with Gasteiger partial charge in [0.05, 0.1) is 5.71 Å². The van der Waals surface area contributed by atoms with E-state index in [-0.39, 0.29) is 13.2 Å². The molecule has 0 aromatic heterocycles. The van der Waals surface area contributed by atoms with Crippen molar-refractivity contribution < 1.29 is 9.23 Å². The summed E-state index contributed by atoms with van der Waals surface area (Å²) in [4.78, 5) is 4.67. The highest BCUT2D eigenvalue weighted by atomic mass is 19.1. The Morgan fingerprint density at radius 2 is 2.36 bits per heavy atom. The standard InChI is InChI=1S/C7H15FN2O/c1-3-6(2)10-11-5-7(8)4-9/h7H,3-5,9H2,1-2H3. The van der Waals surface area contributed by atoms with Crippen molar-refractivity contribution in [2.45, 2.75) is 26.4 Å². The van der Waals surface area contributed by atoms with Gasteiger partial charge in [0.25, 0.3) is 0 Å². The molecule has 3 nitrogen and oxygen atoms in total. The second kappa shape index (κ2) is 6.09. The van der Waals surface area contributed by atoms with Gasteiger partial charge >= 0.3 is 0 Å². The van der Waals surface area contributed by atoms with Gasteiger partial charge in [-0.3, -0.25) is 0 Å². The molecule has 11 heavy (non-hydrogen) atoms. The van der Waals surface area contributed by atoms with Crippen LogP contribution >= 0.6 is 0 Å². The van der Waals surface area contributed by atoms with Gasteiger partial charge in [-0.05, 0) is 13.3 Å². The normalized spacial score (nSPS) is 14.7. The molecule has 0 aromatic carbocycles. The zero-order valence-corrected chi connectivity index (χ0v) is 7.01. The van der Waals surface area contributed by atoms with E-state index >= 15 is 0 Å². The molecule has 0 saturated heterocycles. The molecule has 0 radical (unpaired) electrons. The zero-order valence-electron chi connectivity index (χ0n) is 7.01. The van der Waals surface area contributed by atoms with Gasteiger partial charge < -0.3 is 10.6 Å². The van der Waals surface area contributed by atoms with Crippen LogP contribution in [0, 0.1) is 0 Å². The molecule has 0 heterocycles. The van der Waals surface area contributed by atoms with Crippen LogP contribution in [0.2, 0.25) is 0 Å². The van der Waals surface area contributed by atoms with Crippen LogP contribution in [-0.2, 0) is 4.84 Å². The molecular formula is C7H15FN2O. The summed E-state index contributed by atoms with van der Waals surface area (Å²) in [7, 11) is 0. The molecule has 1 unspecified atom stereocenters. The lowest BCUT2D eigenvalue weighted by atomic mass is 10.3. The van der Waals surface area contributed by atoms with Crippen LogP contribution in [0.4, 0.5) is 4.39 Å². The van der Waals surface area contributed by atoms with Crippen molar-refractivity contribution >= 4 is 5.71 Å². The summed E-state index contributed by atoms with van der Waals surface area (Å²) in [5.74, 6) is 0. The SMILES string of the molecule is CCC(C)=NOCC(F)CN. The van der Waals surface area contributed by atoms with Crippen molar-refractivity contribution in [3.05, 3.63) is 0 Å². The minimum absolute atomic E-state index is 0.0132. The summed E-state index contributed by atoms with van der Waals surface area (Å²) < 4.78 is 12.4. The van der Waals surface area contributed by atoms with Gasteiger partial charge in [0.2, 0.25) is 0 Å². The maximum absolute atomic E-state index is 12.4. The van der Waals surface area contributed by atoms with Crippen molar-refractivity contribution in [3.8, 4) is 0 Å². The van der Waals surface area contributed by atoms with Crippen molar-refractivity contribution in [3.63, 3.8) is 0 Å². The van der Waals surface area contributed by atoms with Gasteiger partial charge in [-0.1, -0.05) is 12.1 Å². The topological polar surface area (TPSA) is 47.6 Å². The number of nitrogens with zero attached hydrogens (tertiary/aromatic N) is 1. The van der Waals surface area contributed by atoms with Crippen LogP contribution in [0.5, 0.6) is 0 Å². The Bertz CT molecular complexity index is 128. The summed E-state index contributed by atoms with van der Waals surface area (Å²) in [6, 6.07) is 0. The Morgan fingerprint density at radius 1 is 1.73 bits per heavy atom. The minimum atomic E-state index is -1.11. The van der Waals surface area contributed by atoms with Crippen molar-refractivity contribution in [2.75, 3.05) is 13.2 Å². The molecule has 0 spiro atoms. The van der Waals surface area contributed by atoms with Gasteiger partial charge in [-0.2, -0.15) is 0 Å². The lowest BCUT2D eigenvalue weighted by Gasteiger charge is -2.02. The van der Waals surface area contributed by atoms with Crippen LogP contribution in [0.15, 0.2) is 5.16 Å². The Balaban J connectivity index is 3.39. The van der Waals surface area contributed by atoms with Gasteiger partial charge in [0.1, 0.15) is 12.8 Å². The van der Waals surface area contributed by atoms with E-state index in [1.807, 2.05) is 13.8 Å². The van der Waals surface area contributed by atoms with E-state index in [0.29, 0.717) is 0 Å². The molecule has 0 amide bonds. The van der Waals surface area contributed by atoms with Crippen LogP contribution in [0.1, 0.15) is 20.3 Å². The fourth-order valence-electron chi connectivity index (χ4n) is 0.361. The van der Waals surface area contributed by atoms with Gasteiger partial charge in [-0.15, -0.1) is 0 Å². The number of oxime groups is 1. The highest BCUT2D eigenvalue weighted by molar-refractivity contribution is 5.80. The monoisotopic (exact) mass is 162 g/mol. The second-order valence-electron chi connectivity index (χ2n) is 2.31. The molecule has 0 aromatic rings. The largest absolute Gasteiger partial charge is 0.393 e. The summed E-state index contributed by atoms with van der Waals surface area (Å²) in [6.45, 7) is 3.72. The summed E-state index contributed by atoms with van der Waals surface area (Å²) in [5, 5.41) is 3.65. The first kappa shape index (κ1) is 10.4. The summed E-state index contributed by atoms with van der Waals surface area (Å²) in [5.41, 5.74) is 5.87. The molecule has 66 valence electrons. The Hall–Kier alpha value is -0.640. The molecule has 0 bridgehead atoms. The van der Waals surface area contributed by atoms with Gasteiger partial charge in [0.15, 0.2) is 0 Å². The highest BCUT2D eigenvalue weighted by Crippen LogP contribution is 1.91. The smallest absolute Gasteiger partial charge is 0.149 e. The van der Waals surface area contributed by atoms with Crippen LogP contribution in [0.25, 0.3) is 0 Å². The third-order valence-corrected chi connectivity index (χ3v) is 1.24. The number of rotatable bonds is 5. The summed E-state index contributed by atoms with van der Waals surface area (Å²) in [6.07, 6.45) is -0.289. The number of alkyl halides is 1. The molecule has 4 heteroatoms. The van der Waals surface area contributed by atoms with E-state index in [2.05, 4.69) is 9.99 Å². The van der Waals surface area contributed by atoms with Gasteiger partial charge in [-0.25, -0.2) is 4.39 Å². The van der Waals surface area contributed by atoms with E-state index in [4.69, 9.17) is 5.73 Å². The number of nitrogens with two attached hydrogens (primary N) is 1. The predicted octanol–water partition coefficient (Wildman–Crippen LogP) is 1.09. The molecule has 0 rings (SSSR count). The zero-order chi connectivity index (χ0) is 8.69. The van der Waals surface area contributed by atoms with E-state index < -0.39 is 6.17 Å². The predicted molar refractivity (Wildman–Crippen MR) is 43.3 cm³/mol. The maximum atomic E-state index is 12.4. The summed E-state index contributed by atoms with van der Waals surface area (Å²) >= 11 is 0. The van der Waals surface area contributed by atoms with E-state index in [9.17, 15) is 4.39 Å². The third kappa shape index (κ3) is 5.79. The first-order valence-electron chi connectivity index (χ1n) is 3.70. The van der Waals surface area contributed by atoms with Crippen LogP contribution in [-0.4, -0.2) is 25.0 Å². The second-order valence-corrected chi connectivity index (χ2v) is 2.31. The fourth-order valence-corrected chi connectivity index (χ4v) is 0.361. The van der Waals surface area contributed by atoms with Crippen molar-refractivity contribution in [1.82, 2.24) is 0 Å². The van der Waals surface area contributed by atoms with Crippen molar-refractivity contribution in [1.29, 1.82) is 0 Å². The van der Waals surface area contributed by atoms with E-state index in [0.717, 1.165) is 12.1 Å². The molecule has 0 aliphatic carbocycles. The fraction of sp³-hybridized carbons (Fsp3) is 0.857. The van der Waals surface area contributed by atoms with Gasteiger partial charge in [0, 0.05) is 6.54 Å². The number of halogens is 1. The molecular weight excluding hydrogens is 147 g/mol. The first-order chi connectivity index (χ1) is 5.20. The highest BCUT2D eigenvalue weighted by Gasteiger charge is 2.02. The maximum Gasteiger partial charge on any atom is 0.149 e. The molecule has 0 aliphatic heterocycles. The number of hydrogen-bond donors (Lipinski definition) is 1. The quantitative estimate of drug-likeness (QED) is 0.486. The molecule has 0 aliphatic rings. The lowest BCUT2D eigenvalue weighted by Crippen LogP contribution is -2.19. The Morgan fingerprint density at radius 3 is 2.82 bits per heavy atom. The van der Waals surface area contributed by atoms with Crippen LogP contribution in [0.3, 0.4) is 0 Å². The van der Waals surface area contributed by atoms with Crippen molar-refractivity contribution in [2.24, 2.45) is 10.9 Å². The van der Waals surface area contributed by atoms with E-state index in [1.165, 1.54) is 0 Å². The average Bonchev–Trinajstić information content (AvgIpc) is 2.04. The Kier molecular flexibility index (Phi) is 5.74. The first-order valence-corrected chi connectivity index (χ1v) is 3.70. The number of hydrogen-bond acceptors (Lipinski definition) is 3. The lowest BCUT2D eigenvalue weighted by molar-refractivity contribution is 0.0894. The third-order valence-electron chi connectivity index (χ3n) is 1.24. The van der Waals surface area contributed by atoms with E-state index in [1.54, 1.807) is 0 Å². The molecule has 1 atom stereocenters. The van der Waals surface area contributed by atoms with Crippen LogP contribution < -0.4 is 5.73 Å².